The van der Waals surface area contributed by atoms with Gasteiger partial charge in [0.15, 0.2) is 0 Å². The molecule has 7 heteroatoms. The van der Waals surface area contributed by atoms with E-state index in [1.807, 2.05) is 6.07 Å². The highest BCUT2D eigenvalue weighted by Gasteiger charge is 2.56. The van der Waals surface area contributed by atoms with E-state index in [4.69, 9.17) is 6.57 Å². The lowest BCUT2D eigenvalue weighted by atomic mass is 9.80. The number of fused-ring (bicyclic) bond motifs is 1. The summed E-state index contributed by atoms with van der Waals surface area (Å²) in [4.78, 5) is 42.2. The molecule has 3 amide bonds. The first-order valence-corrected chi connectivity index (χ1v) is 12.3. The second-order valence-corrected chi connectivity index (χ2v) is 10.4. The first-order chi connectivity index (χ1) is 15.9. The van der Waals surface area contributed by atoms with Crippen molar-refractivity contribution in [3.63, 3.8) is 0 Å². The number of imide groups is 1. The fraction of sp³-hybridized carbons (Fsp3) is 0.615. The van der Waals surface area contributed by atoms with Crippen molar-refractivity contribution >= 4 is 17.7 Å². The molecule has 4 atom stereocenters. The van der Waals surface area contributed by atoms with Crippen molar-refractivity contribution in [2.45, 2.75) is 94.9 Å². The zero-order valence-electron chi connectivity index (χ0n) is 19.2. The van der Waals surface area contributed by atoms with Gasteiger partial charge in [-0.2, -0.15) is 0 Å². The van der Waals surface area contributed by atoms with E-state index < -0.39 is 6.04 Å². The van der Waals surface area contributed by atoms with Crippen molar-refractivity contribution in [1.82, 2.24) is 15.5 Å². The van der Waals surface area contributed by atoms with Gasteiger partial charge in [-0.1, -0.05) is 25.0 Å². The summed E-state index contributed by atoms with van der Waals surface area (Å²) in [6.45, 7) is 10.1. The van der Waals surface area contributed by atoms with Gasteiger partial charge in [0.05, 0.1) is 6.04 Å². The first-order valence-electron chi connectivity index (χ1n) is 12.3. The largest absolute Gasteiger partial charge is 0.322 e. The predicted molar refractivity (Wildman–Crippen MR) is 123 cm³/mol. The summed E-state index contributed by atoms with van der Waals surface area (Å²) in [5.74, 6) is -0.238. The van der Waals surface area contributed by atoms with Crippen LogP contribution >= 0.6 is 0 Å². The molecule has 0 spiro atoms. The Morgan fingerprint density at radius 2 is 2.00 bits per heavy atom. The first kappa shape index (κ1) is 22.1. The lowest BCUT2D eigenvalue weighted by Crippen LogP contribution is -2.52. The van der Waals surface area contributed by atoms with E-state index >= 15 is 0 Å². The molecule has 3 fully saturated rings. The smallest absolute Gasteiger partial charge is 0.255 e. The highest BCUT2D eigenvalue weighted by atomic mass is 16.2. The summed E-state index contributed by atoms with van der Waals surface area (Å²) < 4.78 is 0. The maximum atomic E-state index is 13.0. The quantitative estimate of drug-likeness (QED) is 0.518. The molecule has 7 nitrogen and oxygen atoms in total. The Kier molecular flexibility index (Phi) is 5.74. The van der Waals surface area contributed by atoms with Crippen LogP contribution in [0.5, 0.6) is 0 Å². The summed E-state index contributed by atoms with van der Waals surface area (Å²) in [6.07, 6.45) is 8.40. The van der Waals surface area contributed by atoms with Crippen molar-refractivity contribution < 1.29 is 14.4 Å². The molecule has 0 bridgehead atoms. The van der Waals surface area contributed by atoms with E-state index in [1.165, 1.54) is 24.8 Å². The second-order valence-electron chi connectivity index (χ2n) is 10.4. The molecule has 0 radical (unpaired) electrons. The summed E-state index contributed by atoms with van der Waals surface area (Å²) in [7, 11) is 0. The van der Waals surface area contributed by atoms with Crippen LogP contribution in [-0.4, -0.2) is 46.3 Å². The number of nitrogens with zero attached hydrogens (tertiary/aromatic N) is 2. The molecule has 2 N–H and O–H groups in total. The molecule has 2 saturated carbocycles. The fourth-order valence-corrected chi connectivity index (χ4v) is 5.97. The highest BCUT2D eigenvalue weighted by molar-refractivity contribution is 6.05. The molecule has 2 aliphatic heterocycles. The number of piperidine rings is 1. The van der Waals surface area contributed by atoms with Crippen LogP contribution in [0.4, 0.5) is 0 Å². The molecule has 0 aromatic heterocycles. The van der Waals surface area contributed by atoms with Crippen molar-refractivity contribution in [3.8, 4) is 0 Å². The molecule has 33 heavy (non-hydrogen) atoms. The normalized spacial score (nSPS) is 29.3. The Hall–Kier alpha value is -2.72. The zero-order chi connectivity index (χ0) is 23.2. The maximum absolute atomic E-state index is 13.0. The molecule has 4 aliphatic rings. The van der Waals surface area contributed by atoms with E-state index in [-0.39, 0.29) is 35.7 Å². The molecule has 2 unspecified atom stereocenters. The van der Waals surface area contributed by atoms with Gasteiger partial charge in [0.2, 0.25) is 17.4 Å². The van der Waals surface area contributed by atoms with Gasteiger partial charge >= 0.3 is 0 Å². The van der Waals surface area contributed by atoms with E-state index in [2.05, 4.69) is 34.5 Å². The standard InChI is InChI=1S/C26H32N4O3/c1-16(26(27-2)11-12-26)28-21-6-4-3-5-18(21)13-17-7-8-20-19(14-17)15-30(25(20)33)22-9-10-23(31)29-24(22)32/h7-8,14,16,18,21-22,28H,3-6,9-13,15H2,1H3,(H,29,31,32)/t16?,18-,21+,22?/m1/s1. The van der Waals surface area contributed by atoms with Crippen molar-refractivity contribution in [2.24, 2.45) is 5.92 Å². The Morgan fingerprint density at radius 1 is 1.21 bits per heavy atom. The van der Waals surface area contributed by atoms with E-state index in [1.54, 1.807) is 4.90 Å². The Bertz CT molecular complexity index is 1020. The molecular weight excluding hydrogens is 416 g/mol. The Labute approximate surface area is 195 Å². The number of benzene rings is 1. The average Bonchev–Trinajstić information content (AvgIpc) is 3.54. The SMILES string of the molecule is [C-]#[N+]C1(C(C)N[C@H]2CCCC[C@@H]2Cc2ccc3c(c2)CN(C2CCC(=O)NC2=O)C3=O)CC1. The van der Waals surface area contributed by atoms with Gasteiger partial charge in [-0.05, 0) is 55.7 Å². The number of carbonyl (C=O) groups is 3. The van der Waals surface area contributed by atoms with Crippen LogP contribution in [0.15, 0.2) is 18.2 Å². The number of nitrogens with one attached hydrogen (secondary N) is 2. The van der Waals surface area contributed by atoms with Gasteiger partial charge in [0, 0.05) is 37.4 Å². The minimum atomic E-state index is -0.573. The molecular formula is C26H32N4O3. The van der Waals surface area contributed by atoms with Crippen LogP contribution < -0.4 is 10.6 Å². The van der Waals surface area contributed by atoms with Crippen LogP contribution in [0.25, 0.3) is 4.85 Å². The number of hydrogen-bond donors (Lipinski definition) is 2. The van der Waals surface area contributed by atoms with E-state index in [9.17, 15) is 14.4 Å². The summed E-state index contributed by atoms with van der Waals surface area (Å²) in [5, 5.41) is 6.17. The average molecular weight is 449 g/mol. The van der Waals surface area contributed by atoms with Gasteiger partial charge in [0.25, 0.3) is 5.91 Å². The topological polar surface area (TPSA) is 82.9 Å². The second kappa shape index (κ2) is 8.57. The minimum Gasteiger partial charge on any atom is -0.322 e. The third kappa shape index (κ3) is 4.17. The summed E-state index contributed by atoms with van der Waals surface area (Å²) in [5.41, 5.74) is 2.68. The van der Waals surface area contributed by atoms with Gasteiger partial charge in [0.1, 0.15) is 6.04 Å². The van der Waals surface area contributed by atoms with E-state index in [0.29, 0.717) is 30.5 Å². The third-order valence-corrected chi connectivity index (χ3v) is 8.25. The molecule has 1 aromatic carbocycles. The van der Waals surface area contributed by atoms with Crippen LogP contribution in [0, 0.1) is 12.5 Å². The predicted octanol–water partition coefficient (Wildman–Crippen LogP) is 2.98. The fourth-order valence-electron chi connectivity index (χ4n) is 5.97. The summed E-state index contributed by atoms with van der Waals surface area (Å²) >= 11 is 0. The minimum absolute atomic E-state index is 0.119. The van der Waals surface area contributed by atoms with Crippen LogP contribution in [-0.2, 0) is 22.6 Å². The molecule has 5 rings (SSSR count). The maximum Gasteiger partial charge on any atom is 0.255 e. The lowest BCUT2D eigenvalue weighted by molar-refractivity contribution is -0.136. The van der Waals surface area contributed by atoms with E-state index in [0.717, 1.165) is 31.2 Å². The van der Waals surface area contributed by atoms with Crippen molar-refractivity contribution in [1.29, 1.82) is 0 Å². The zero-order valence-corrected chi connectivity index (χ0v) is 19.2. The van der Waals surface area contributed by atoms with Gasteiger partial charge in [-0.3, -0.25) is 19.7 Å². The van der Waals surface area contributed by atoms with Crippen LogP contribution in [0.2, 0.25) is 0 Å². The number of rotatable bonds is 6. The van der Waals surface area contributed by atoms with Crippen molar-refractivity contribution in [2.75, 3.05) is 0 Å². The summed E-state index contributed by atoms with van der Waals surface area (Å²) in [6, 6.07) is 6.17. The molecule has 174 valence electrons. The molecule has 1 saturated heterocycles. The van der Waals surface area contributed by atoms with Crippen LogP contribution in [0.3, 0.4) is 0 Å². The van der Waals surface area contributed by atoms with Crippen molar-refractivity contribution in [3.05, 3.63) is 46.3 Å². The molecule has 2 aliphatic carbocycles. The number of carbonyl (C=O) groups excluding carboxylic acids is 3. The third-order valence-electron chi connectivity index (χ3n) is 8.25. The highest BCUT2D eigenvalue weighted by Crippen LogP contribution is 2.43. The molecule has 2 heterocycles. The monoisotopic (exact) mass is 448 g/mol. The Morgan fingerprint density at radius 3 is 2.73 bits per heavy atom. The van der Waals surface area contributed by atoms with Gasteiger partial charge in [-0.15, -0.1) is 0 Å². The molecule has 1 aromatic rings. The van der Waals surface area contributed by atoms with Gasteiger partial charge < -0.3 is 15.1 Å². The number of hydrogen-bond acceptors (Lipinski definition) is 4. The van der Waals surface area contributed by atoms with Gasteiger partial charge in [-0.25, -0.2) is 6.57 Å². The lowest BCUT2D eigenvalue weighted by Gasteiger charge is -2.35. The van der Waals surface area contributed by atoms with Crippen LogP contribution in [0.1, 0.15) is 79.8 Å². The Balaban J connectivity index is 1.27. The number of amides is 3.